The van der Waals surface area contributed by atoms with Crippen LogP contribution in [-0.2, 0) is 4.79 Å². The maximum absolute atomic E-state index is 12.4. The molecular weight excluding hydrogens is 402 g/mol. The van der Waals surface area contributed by atoms with Crippen LogP contribution in [0, 0.1) is 5.92 Å². The molecule has 2 aliphatic rings. The highest BCUT2D eigenvalue weighted by molar-refractivity contribution is 9.11. The second-order valence-electron chi connectivity index (χ2n) is 6.20. The molecule has 1 aromatic heterocycles. The van der Waals surface area contributed by atoms with E-state index < -0.39 is 0 Å². The monoisotopic (exact) mass is 419 g/mol. The fourth-order valence-electron chi connectivity index (χ4n) is 2.93. The molecule has 0 bridgehead atoms. The summed E-state index contributed by atoms with van der Waals surface area (Å²) in [5.41, 5.74) is 1.08. The van der Waals surface area contributed by atoms with Crippen LogP contribution in [-0.4, -0.2) is 19.1 Å². The minimum Gasteiger partial charge on any atom is -0.486 e. The quantitative estimate of drug-likeness (QED) is 0.722. The van der Waals surface area contributed by atoms with Crippen molar-refractivity contribution >= 4 is 39.2 Å². The average molecular weight is 420 g/mol. The van der Waals surface area contributed by atoms with Crippen LogP contribution in [0.15, 0.2) is 40.2 Å². The molecule has 1 fully saturated rings. The molecule has 0 spiro atoms. The molecular formula is C19H18BrNO3S. The van der Waals surface area contributed by atoms with Gasteiger partial charge in [-0.15, -0.1) is 11.3 Å². The van der Waals surface area contributed by atoms with Crippen molar-refractivity contribution in [1.29, 1.82) is 0 Å². The Bertz CT molecular complexity index is 813. The van der Waals surface area contributed by atoms with E-state index in [0.29, 0.717) is 19.1 Å². The number of hydrogen-bond donors (Lipinski definition) is 1. The van der Waals surface area contributed by atoms with Gasteiger partial charge in [0, 0.05) is 11.0 Å². The Kier molecular flexibility index (Phi) is 4.81. The van der Waals surface area contributed by atoms with Crippen LogP contribution in [0.25, 0.3) is 6.08 Å². The highest BCUT2D eigenvalue weighted by atomic mass is 79.9. The summed E-state index contributed by atoms with van der Waals surface area (Å²) in [6.45, 7) is 1.15. The molecule has 1 atom stereocenters. The summed E-state index contributed by atoms with van der Waals surface area (Å²) in [5.74, 6) is 1.97. The SMILES string of the molecule is O=C(/C=C/c1ccc(Br)s1)NC(c1ccc2c(c1)OCCO2)C1CC1. The van der Waals surface area contributed by atoms with Crippen molar-refractivity contribution in [3.8, 4) is 11.5 Å². The van der Waals surface area contributed by atoms with Gasteiger partial charge in [0.25, 0.3) is 0 Å². The largest absolute Gasteiger partial charge is 0.486 e. The lowest BCUT2D eigenvalue weighted by Gasteiger charge is -2.22. The van der Waals surface area contributed by atoms with E-state index in [2.05, 4.69) is 21.2 Å². The first-order valence-electron chi connectivity index (χ1n) is 8.32. The van der Waals surface area contributed by atoms with E-state index in [0.717, 1.165) is 38.6 Å². The summed E-state index contributed by atoms with van der Waals surface area (Å²) in [6, 6.07) is 9.93. The van der Waals surface area contributed by atoms with Crippen molar-refractivity contribution in [2.45, 2.75) is 18.9 Å². The van der Waals surface area contributed by atoms with Crippen LogP contribution in [0.2, 0.25) is 0 Å². The fourth-order valence-corrected chi connectivity index (χ4v) is 4.26. The Morgan fingerprint density at radius 1 is 1.20 bits per heavy atom. The van der Waals surface area contributed by atoms with Gasteiger partial charge in [-0.2, -0.15) is 0 Å². The molecule has 1 unspecified atom stereocenters. The Balaban J connectivity index is 1.48. The van der Waals surface area contributed by atoms with Crippen LogP contribution in [0.5, 0.6) is 11.5 Å². The summed E-state index contributed by atoms with van der Waals surface area (Å²) in [7, 11) is 0. The lowest BCUT2D eigenvalue weighted by molar-refractivity contribution is -0.117. The lowest BCUT2D eigenvalue weighted by Crippen LogP contribution is -2.28. The van der Waals surface area contributed by atoms with Gasteiger partial charge in [-0.1, -0.05) is 6.07 Å². The minimum absolute atomic E-state index is 0.0167. The Labute approximate surface area is 159 Å². The first kappa shape index (κ1) is 16.7. The average Bonchev–Trinajstić information content (AvgIpc) is 3.39. The second kappa shape index (κ2) is 7.22. The highest BCUT2D eigenvalue weighted by Gasteiger charge is 2.33. The van der Waals surface area contributed by atoms with E-state index in [-0.39, 0.29) is 11.9 Å². The number of rotatable bonds is 5. The number of benzene rings is 1. The number of carbonyl (C=O) groups excluding carboxylic acids is 1. The first-order valence-corrected chi connectivity index (χ1v) is 9.93. The van der Waals surface area contributed by atoms with Gasteiger partial charge in [-0.3, -0.25) is 4.79 Å². The van der Waals surface area contributed by atoms with Gasteiger partial charge in [0.2, 0.25) is 5.91 Å². The zero-order valence-corrected chi connectivity index (χ0v) is 15.9. The van der Waals surface area contributed by atoms with Crippen LogP contribution in [0.1, 0.15) is 29.3 Å². The maximum atomic E-state index is 12.4. The van der Waals surface area contributed by atoms with Gasteiger partial charge in [0.05, 0.1) is 9.83 Å². The smallest absolute Gasteiger partial charge is 0.244 e. The summed E-state index contributed by atoms with van der Waals surface area (Å²) in [5, 5.41) is 3.15. The van der Waals surface area contributed by atoms with Crippen molar-refractivity contribution < 1.29 is 14.3 Å². The maximum Gasteiger partial charge on any atom is 0.244 e. The number of fused-ring (bicyclic) bond motifs is 1. The predicted molar refractivity (Wildman–Crippen MR) is 102 cm³/mol. The molecule has 1 aliphatic carbocycles. The predicted octanol–water partition coefficient (Wildman–Crippen LogP) is 4.56. The van der Waals surface area contributed by atoms with Crippen LogP contribution in [0.3, 0.4) is 0 Å². The van der Waals surface area contributed by atoms with E-state index in [9.17, 15) is 4.79 Å². The summed E-state index contributed by atoms with van der Waals surface area (Å²) in [4.78, 5) is 13.4. The molecule has 1 aliphatic heterocycles. The number of thiophene rings is 1. The lowest BCUT2D eigenvalue weighted by atomic mass is 10.0. The van der Waals surface area contributed by atoms with Gasteiger partial charge in [0.15, 0.2) is 11.5 Å². The number of carbonyl (C=O) groups is 1. The van der Waals surface area contributed by atoms with Gasteiger partial charge < -0.3 is 14.8 Å². The molecule has 1 N–H and O–H groups in total. The van der Waals surface area contributed by atoms with Crippen LogP contribution < -0.4 is 14.8 Å². The third-order valence-corrected chi connectivity index (χ3v) is 5.90. The molecule has 6 heteroatoms. The highest BCUT2D eigenvalue weighted by Crippen LogP contribution is 2.43. The fraction of sp³-hybridized carbons (Fsp3) is 0.316. The molecule has 2 aromatic rings. The van der Waals surface area contributed by atoms with Gasteiger partial charge in [-0.05, 0) is 70.6 Å². The first-order chi connectivity index (χ1) is 12.2. The van der Waals surface area contributed by atoms with Gasteiger partial charge in [0.1, 0.15) is 13.2 Å². The second-order valence-corrected chi connectivity index (χ2v) is 8.70. The number of halogens is 1. The van der Waals surface area contributed by atoms with Gasteiger partial charge >= 0.3 is 0 Å². The molecule has 130 valence electrons. The van der Waals surface area contributed by atoms with E-state index in [1.54, 1.807) is 17.4 Å². The van der Waals surface area contributed by atoms with E-state index >= 15 is 0 Å². The number of amides is 1. The van der Waals surface area contributed by atoms with Crippen LogP contribution in [0.4, 0.5) is 0 Å². The molecule has 2 heterocycles. The van der Waals surface area contributed by atoms with Crippen molar-refractivity contribution in [3.05, 3.63) is 50.6 Å². The van der Waals surface area contributed by atoms with Crippen molar-refractivity contribution in [2.24, 2.45) is 5.92 Å². The minimum atomic E-state index is -0.0729. The summed E-state index contributed by atoms with van der Waals surface area (Å²) >= 11 is 5.03. The van der Waals surface area contributed by atoms with Gasteiger partial charge in [-0.25, -0.2) is 0 Å². The summed E-state index contributed by atoms with van der Waals surface area (Å²) < 4.78 is 12.3. The molecule has 25 heavy (non-hydrogen) atoms. The summed E-state index contributed by atoms with van der Waals surface area (Å²) in [6.07, 6.45) is 5.73. The molecule has 0 radical (unpaired) electrons. The standard InChI is InChI=1S/C19H18BrNO3S/c20-17-7-4-14(25-17)5-8-18(22)21-19(12-1-2-12)13-3-6-15-16(11-13)24-10-9-23-15/h3-8,11-12,19H,1-2,9-10H2,(H,21,22)/b8-5+. The topological polar surface area (TPSA) is 47.6 Å². The Hall–Kier alpha value is -1.79. The number of ether oxygens (including phenoxy) is 2. The molecule has 1 saturated carbocycles. The van der Waals surface area contributed by atoms with Crippen LogP contribution >= 0.6 is 27.3 Å². The third kappa shape index (κ3) is 4.07. The molecule has 1 amide bonds. The normalized spacial score (nSPS) is 17.5. The zero-order chi connectivity index (χ0) is 17.2. The molecule has 1 aromatic carbocycles. The number of hydrogen-bond acceptors (Lipinski definition) is 4. The van der Waals surface area contributed by atoms with Crippen molar-refractivity contribution in [3.63, 3.8) is 0 Å². The van der Waals surface area contributed by atoms with E-state index in [4.69, 9.17) is 9.47 Å². The molecule has 0 saturated heterocycles. The third-order valence-electron chi connectivity index (χ3n) is 4.31. The van der Waals surface area contributed by atoms with Crippen molar-refractivity contribution in [1.82, 2.24) is 5.32 Å². The molecule has 4 nitrogen and oxygen atoms in total. The van der Waals surface area contributed by atoms with Crippen molar-refractivity contribution in [2.75, 3.05) is 13.2 Å². The molecule has 4 rings (SSSR count). The Morgan fingerprint density at radius 2 is 2.00 bits per heavy atom. The number of nitrogens with one attached hydrogen (secondary N) is 1. The van der Waals surface area contributed by atoms with E-state index in [1.807, 2.05) is 36.4 Å². The Morgan fingerprint density at radius 3 is 2.72 bits per heavy atom. The van der Waals surface area contributed by atoms with E-state index in [1.165, 1.54) is 0 Å². The zero-order valence-electron chi connectivity index (χ0n) is 13.5.